The quantitative estimate of drug-likeness (QED) is 0.329. The topological polar surface area (TPSA) is 77.4 Å². The van der Waals surface area contributed by atoms with Crippen LogP contribution in [0.15, 0.2) is 69.6 Å². The Labute approximate surface area is 185 Å². The highest BCUT2D eigenvalue weighted by Gasteiger charge is 2.11. The lowest BCUT2D eigenvalue weighted by molar-refractivity contribution is 0.310. The van der Waals surface area contributed by atoms with Gasteiger partial charge in [-0.1, -0.05) is 35.5 Å². The van der Waals surface area contributed by atoms with E-state index in [0.717, 1.165) is 34.1 Å². The molecule has 31 heavy (non-hydrogen) atoms. The third kappa shape index (κ3) is 5.96. The van der Waals surface area contributed by atoms with Gasteiger partial charge >= 0.3 is 0 Å². The van der Waals surface area contributed by atoms with Crippen molar-refractivity contribution in [2.45, 2.75) is 12.3 Å². The summed E-state index contributed by atoms with van der Waals surface area (Å²) in [5, 5.41) is 12.5. The summed E-state index contributed by atoms with van der Waals surface area (Å²) in [6.07, 6.45) is 0. The zero-order valence-electron chi connectivity index (χ0n) is 17.5. The molecule has 0 bridgehead atoms. The van der Waals surface area contributed by atoms with Crippen LogP contribution in [-0.2, 0) is 12.3 Å². The van der Waals surface area contributed by atoms with E-state index in [2.05, 4.69) is 15.4 Å². The number of para-hydroxylation sites is 1. The van der Waals surface area contributed by atoms with Crippen LogP contribution in [0.5, 0.6) is 5.75 Å². The molecule has 0 fully saturated rings. The highest BCUT2D eigenvalue weighted by molar-refractivity contribution is 7.98. The summed E-state index contributed by atoms with van der Waals surface area (Å²) in [6.45, 7) is 1.35. The van der Waals surface area contributed by atoms with Gasteiger partial charge in [0.1, 0.15) is 11.4 Å². The Bertz CT molecular complexity index is 1080. The molecule has 8 heteroatoms. The normalized spacial score (nSPS) is 11.2. The van der Waals surface area contributed by atoms with Crippen LogP contribution in [-0.4, -0.2) is 46.7 Å². The summed E-state index contributed by atoms with van der Waals surface area (Å²) < 4.78 is 16.9. The van der Waals surface area contributed by atoms with Crippen LogP contribution in [0.3, 0.4) is 0 Å². The highest BCUT2D eigenvalue weighted by atomic mass is 32.2. The van der Waals surface area contributed by atoms with Crippen molar-refractivity contribution >= 4 is 11.8 Å². The standard InChI is InChI=1S/C23H24N4O3S/c1-27(2)15-20-14-21(26-30-20)17-8-10-18(11-9-17)23-25-24-22(29-23)16-31-13-12-28-19-6-4-3-5-7-19/h3-11,14H,12-13,15-16H2,1-2H3. The first-order valence-corrected chi connectivity index (χ1v) is 11.1. The van der Waals surface area contributed by atoms with Gasteiger partial charge in [-0.05, 0) is 38.4 Å². The first kappa shape index (κ1) is 21.1. The Kier molecular flexibility index (Phi) is 7.01. The molecule has 0 aliphatic carbocycles. The van der Waals surface area contributed by atoms with Gasteiger partial charge in [-0.25, -0.2) is 0 Å². The second kappa shape index (κ2) is 10.3. The predicted molar refractivity (Wildman–Crippen MR) is 121 cm³/mol. The average Bonchev–Trinajstić information content (AvgIpc) is 3.44. The molecule has 0 amide bonds. The summed E-state index contributed by atoms with van der Waals surface area (Å²) in [5.74, 6) is 4.32. The molecule has 2 aromatic heterocycles. The molecule has 0 N–H and O–H groups in total. The van der Waals surface area contributed by atoms with E-state index in [0.29, 0.717) is 30.7 Å². The monoisotopic (exact) mass is 436 g/mol. The molecule has 0 saturated heterocycles. The first-order chi connectivity index (χ1) is 15.2. The average molecular weight is 437 g/mol. The Morgan fingerprint density at radius 1 is 0.968 bits per heavy atom. The molecule has 7 nitrogen and oxygen atoms in total. The minimum Gasteiger partial charge on any atom is -0.493 e. The minimum absolute atomic E-state index is 0.510. The molecule has 0 atom stereocenters. The Balaban J connectivity index is 1.28. The van der Waals surface area contributed by atoms with Crippen molar-refractivity contribution in [3.63, 3.8) is 0 Å². The number of benzene rings is 2. The molecule has 0 saturated carbocycles. The van der Waals surface area contributed by atoms with E-state index in [1.165, 1.54) is 0 Å². The first-order valence-electron chi connectivity index (χ1n) is 9.96. The number of rotatable bonds is 10. The fraction of sp³-hybridized carbons (Fsp3) is 0.261. The van der Waals surface area contributed by atoms with E-state index in [4.69, 9.17) is 13.7 Å². The molecule has 4 rings (SSSR count). The molecule has 160 valence electrons. The maximum atomic E-state index is 5.80. The van der Waals surface area contributed by atoms with Crippen LogP contribution in [0, 0.1) is 0 Å². The number of thioether (sulfide) groups is 1. The van der Waals surface area contributed by atoms with Gasteiger partial charge in [-0.15, -0.1) is 22.0 Å². The summed E-state index contributed by atoms with van der Waals surface area (Å²) in [7, 11) is 3.99. The SMILES string of the molecule is CN(C)Cc1cc(-c2ccc(-c3nnc(CSCCOc4ccccc4)o3)cc2)no1. The maximum Gasteiger partial charge on any atom is 0.247 e. The molecule has 0 unspecified atom stereocenters. The summed E-state index contributed by atoms with van der Waals surface area (Å²) in [6, 6.07) is 19.6. The van der Waals surface area contributed by atoms with Crippen LogP contribution in [0.4, 0.5) is 0 Å². The van der Waals surface area contributed by atoms with Gasteiger partial charge in [0, 0.05) is 22.9 Å². The van der Waals surface area contributed by atoms with E-state index in [-0.39, 0.29) is 0 Å². The molecule has 0 aliphatic heterocycles. The second-order valence-electron chi connectivity index (χ2n) is 7.21. The zero-order chi connectivity index (χ0) is 21.5. The van der Waals surface area contributed by atoms with Gasteiger partial charge in [0.2, 0.25) is 11.8 Å². The molecule has 2 heterocycles. The molecular formula is C23H24N4O3S. The molecular weight excluding hydrogens is 412 g/mol. The van der Waals surface area contributed by atoms with E-state index in [1.54, 1.807) is 11.8 Å². The van der Waals surface area contributed by atoms with E-state index in [9.17, 15) is 0 Å². The van der Waals surface area contributed by atoms with Gasteiger partial charge < -0.3 is 18.6 Å². The van der Waals surface area contributed by atoms with Gasteiger partial charge in [-0.2, -0.15) is 0 Å². The lowest BCUT2D eigenvalue weighted by atomic mass is 10.1. The summed E-state index contributed by atoms with van der Waals surface area (Å²) in [5.41, 5.74) is 2.66. The van der Waals surface area contributed by atoms with Crippen molar-refractivity contribution in [1.29, 1.82) is 0 Å². The van der Waals surface area contributed by atoms with Gasteiger partial charge in [0.05, 0.1) is 18.9 Å². The van der Waals surface area contributed by atoms with Crippen LogP contribution < -0.4 is 4.74 Å². The third-order valence-electron chi connectivity index (χ3n) is 4.39. The Morgan fingerprint density at radius 3 is 2.52 bits per heavy atom. The van der Waals surface area contributed by atoms with Crippen molar-refractivity contribution < 1.29 is 13.7 Å². The van der Waals surface area contributed by atoms with E-state index < -0.39 is 0 Å². The van der Waals surface area contributed by atoms with Crippen molar-refractivity contribution in [3.8, 4) is 28.5 Å². The molecule has 0 aliphatic rings. The van der Waals surface area contributed by atoms with E-state index in [1.807, 2.05) is 79.7 Å². The van der Waals surface area contributed by atoms with Gasteiger partial charge in [0.15, 0.2) is 5.76 Å². The molecule has 0 radical (unpaired) electrons. The predicted octanol–water partition coefficient (Wildman–Crippen LogP) is 4.77. The van der Waals surface area contributed by atoms with Crippen molar-refractivity contribution in [2.75, 3.05) is 26.5 Å². The largest absolute Gasteiger partial charge is 0.493 e. The summed E-state index contributed by atoms with van der Waals surface area (Å²) >= 11 is 1.70. The minimum atomic E-state index is 0.510. The summed E-state index contributed by atoms with van der Waals surface area (Å²) in [4.78, 5) is 2.04. The molecule has 2 aromatic carbocycles. The van der Waals surface area contributed by atoms with Gasteiger partial charge in [0.25, 0.3) is 0 Å². The lowest BCUT2D eigenvalue weighted by Gasteiger charge is -2.04. The van der Waals surface area contributed by atoms with Gasteiger partial charge in [-0.3, -0.25) is 0 Å². The number of hydrogen-bond donors (Lipinski definition) is 0. The number of nitrogens with zero attached hydrogens (tertiary/aromatic N) is 4. The number of aromatic nitrogens is 3. The number of hydrogen-bond acceptors (Lipinski definition) is 8. The van der Waals surface area contributed by atoms with E-state index >= 15 is 0 Å². The Hall–Kier alpha value is -3.10. The second-order valence-corrected chi connectivity index (χ2v) is 8.31. The highest BCUT2D eigenvalue weighted by Crippen LogP contribution is 2.25. The smallest absolute Gasteiger partial charge is 0.247 e. The van der Waals surface area contributed by atoms with Crippen LogP contribution in [0.1, 0.15) is 11.7 Å². The third-order valence-corrected chi connectivity index (χ3v) is 5.30. The fourth-order valence-electron chi connectivity index (χ4n) is 2.94. The van der Waals surface area contributed by atoms with Crippen molar-refractivity contribution in [2.24, 2.45) is 0 Å². The maximum absolute atomic E-state index is 5.80. The lowest BCUT2D eigenvalue weighted by Crippen LogP contribution is -2.09. The Morgan fingerprint density at radius 2 is 1.74 bits per heavy atom. The van der Waals surface area contributed by atoms with Crippen LogP contribution in [0.2, 0.25) is 0 Å². The van der Waals surface area contributed by atoms with Crippen LogP contribution in [0.25, 0.3) is 22.7 Å². The fourth-order valence-corrected chi connectivity index (χ4v) is 3.58. The van der Waals surface area contributed by atoms with Crippen LogP contribution >= 0.6 is 11.8 Å². The van der Waals surface area contributed by atoms with Crippen molar-refractivity contribution in [3.05, 3.63) is 72.3 Å². The zero-order valence-corrected chi connectivity index (χ0v) is 18.3. The van der Waals surface area contributed by atoms with Crippen molar-refractivity contribution in [1.82, 2.24) is 20.3 Å². The molecule has 4 aromatic rings. The number of ether oxygens (including phenoxy) is 1. The molecule has 0 spiro atoms.